The number of methoxy groups -OCH3 is 1. The van der Waals surface area contributed by atoms with Crippen LogP contribution in [0.2, 0.25) is 5.02 Å². The number of aromatic nitrogens is 2. The quantitative estimate of drug-likeness (QED) is 0.516. The number of hydrazine groups is 1. The van der Waals surface area contributed by atoms with E-state index >= 15 is 0 Å². The van der Waals surface area contributed by atoms with E-state index in [2.05, 4.69) is 21.0 Å². The summed E-state index contributed by atoms with van der Waals surface area (Å²) in [6, 6.07) is 9.37. The van der Waals surface area contributed by atoms with Crippen molar-refractivity contribution < 1.29 is 19.1 Å². The minimum absolute atomic E-state index is 0.0376. The minimum Gasteiger partial charge on any atom is -0.493 e. The molecule has 0 fully saturated rings. The molecule has 0 saturated heterocycles. The fraction of sp³-hybridized carbons (Fsp3) is 0.200. The van der Waals surface area contributed by atoms with Gasteiger partial charge in [0, 0.05) is 10.9 Å². The summed E-state index contributed by atoms with van der Waals surface area (Å²) in [7, 11) is 1.43. The summed E-state index contributed by atoms with van der Waals surface area (Å²) in [4.78, 5) is 36.8. The van der Waals surface area contributed by atoms with E-state index in [1.165, 1.54) is 19.2 Å². The number of H-pyrrole nitrogens is 1. The fourth-order valence-corrected chi connectivity index (χ4v) is 2.99. The monoisotopic (exact) mass is 430 g/mol. The van der Waals surface area contributed by atoms with Crippen molar-refractivity contribution in [2.45, 2.75) is 13.3 Å². The minimum atomic E-state index is -0.697. The first kappa shape index (κ1) is 21.1. The van der Waals surface area contributed by atoms with Gasteiger partial charge in [0.05, 0.1) is 24.1 Å². The van der Waals surface area contributed by atoms with Gasteiger partial charge in [0.2, 0.25) is 0 Å². The molecule has 0 bridgehead atoms. The summed E-state index contributed by atoms with van der Waals surface area (Å²) in [5, 5.41) is 6.91. The summed E-state index contributed by atoms with van der Waals surface area (Å²) in [5.41, 5.74) is 4.27. The highest BCUT2D eigenvalue weighted by molar-refractivity contribution is 6.32. The van der Waals surface area contributed by atoms with Crippen LogP contribution < -0.4 is 25.9 Å². The number of carbonyl (C=O) groups excluding carboxylic acids is 2. The standard InChI is InChI=1S/C20H19ClN4O5/c1-3-8-30-17-14(21)9-11(10-15(17)29-2)18(26)23-25-20(28)16-12-6-4-5-7-13(12)19(27)24-22-16/h4-7,9-10H,3,8H2,1-2H3,(H,23,26)(H,24,27)(H,25,28). The van der Waals surface area contributed by atoms with Crippen molar-refractivity contribution in [3.63, 3.8) is 0 Å². The van der Waals surface area contributed by atoms with Gasteiger partial charge in [-0.15, -0.1) is 0 Å². The highest BCUT2D eigenvalue weighted by Gasteiger charge is 2.18. The van der Waals surface area contributed by atoms with Gasteiger partial charge >= 0.3 is 0 Å². The number of ether oxygens (including phenoxy) is 2. The van der Waals surface area contributed by atoms with Crippen molar-refractivity contribution in [1.82, 2.24) is 21.0 Å². The number of rotatable bonds is 6. The van der Waals surface area contributed by atoms with Gasteiger partial charge in [0.25, 0.3) is 17.4 Å². The molecule has 3 aromatic rings. The molecule has 2 aromatic carbocycles. The molecule has 1 heterocycles. The van der Waals surface area contributed by atoms with Crippen molar-refractivity contribution in [3.8, 4) is 11.5 Å². The Balaban J connectivity index is 1.78. The van der Waals surface area contributed by atoms with Crippen LogP contribution in [0.4, 0.5) is 0 Å². The molecular weight excluding hydrogens is 412 g/mol. The maximum Gasteiger partial charge on any atom is 0.290 e. The highest BCUT2D eigenvalue weighted by Crippen LogP contribution is 2.36. The number of hydrogen-bond acceptors (Lipinski definition) is 6. The summed E-state index contributed by atoms with van der Waals surface area (Å²) < 4.78 is 10.8. The molecule has 10 heteroatoms. The molecule has 3 N–H and O–H groups in total. The van der Waals surface area contributed by atoms with Crippen LogP contribution in [-0.4, -0.2) is 35.7 Å². The van der Waals surface area contributed by atoms with Gasteiger partial charge in [0.1, 0.15) is 0 Å². The molecule has 156 valence electrons. The van der Waals surface area contributed by atoms with Crippen molar-refractivity contribution in [3.05, 3.63) is 63.0 Å². The van der Waals surface area contributed by atoms with Crippen molar-refractivity contribution in [1.29, 1.82) is 0 Å². The number of amides is 2. The molecule has 0 spiro atoms. The third-order valence-corrected chi connectivity index (χ3v) is 4.42. The van der Waals surface area contributed by atoms with Crippen LogP contribution in [0.3, 0.4) is 0 Å². The number of aromatic amines is 1. The van der Waals surface area contributed by atoms with Gasteiger partial charge in [-0.1, -0.05) is 36.7 Å². The Bertz CT molecular complexity index is 1160. The molecule has 0 saturated carbocycles. The molecule has 9 nitrogen and oxygen atoms in total. The smallest absolute Gasteiger partial charge is 0.290 e. The summed E-state index contributed by atoms with van der Waals surface area (Å²) >= 11 is 6.22. The maximum atomic E-state index is 12.5. The molecule has 0 aliphatic rings. The van der Waals surface area contributed by atoms with Crippen molar-refractivity contribution >= 4 is 34.2 Å². The summed E-state index contributed by atoms with van der Waals surface area (Å²) in [5.74, 6) is -0.692. The summed E-state index contributed by atoms with van der Waals surface area (Å²) in [6.07, 6.45) is 0.779. The van der Waals surface area contributed by atoms with Crippen LogP contribution in [0.25, 0.3) is 10.8 Å². The van der Waals surface area contributed by atoms with Crippen LogP contribution in [0.1, 0.15) is 34.2 Å². The Morgan fingerprint density at radius 2 is 1.83 bits per heavy atom. The van der Waals surface area contributed by atoms with E-state index in [-0.39, 0.29) is 16.3 Å². The van der Waals surface area contributed by atoms with Crippen molar-refractivity contribution in [2.75, 3.05) is 13.7 Å². The molecule has 1 aromatic heterocycles. The Morgan fingerprint density at radius 1 is 1.13 bits per heavy atom. The average Bonchev–Trinajstić information content (AvgIpc) is 2.76. The van der Waals surface area contributed by atoms with Gasteiger partial charge in [-0.25, -0.2) is 5.10 Å². The van der Waals surface area contributed by atoms with Crippen LogP contribution in [0.5, 0.6) is 11.5 Å². The number of fused-ring (bicyclic) bond motifs is 1. The van der Waals surface area contributed by atoms with E-state index in [1.54, 1.807) is 24.3 Å². The van der Waals surface area contributed by atoms with Gasteiger partial charge in [-0.3, -0.25) is 25.2 Å². The largest absolute Gasteiger partial charge is 0.493 e. The number of benzene rings is 2. The first-order valence-electron chi connectivity index (χ1n) is 9.04. The lowest BCUT2D eigenvalue weighted by atomic mass is 10.1. The topological polar surface area (TPSA) is 122 Å². The van der Waals surface area contributed by atoms with Crippen LogP contribution in [0.15, 0.2) is 41.2 Å². The van der Waals surface area contributed by atoms with Gasteiger partial charge in [-0.05, 0) is 24.6 Å². The number of nitrogens with zero attached hydrogens (tertiary/aromatic N) is 1. The Morgan fingerprint density at radius 3 is 2.53 bits per heavy atom. The molecular formula is C20H19ClN4O5. The molecule has 0 radical (unpaired) electrons. The zero-order chi connectivity index (χ0) is 21.7. The third-order valence-electron chi connectivity index (χ3n) is 4.14. The van der Waals surface area contributed by atoms with E-state index < -0.39 is 17.4 Å². The second kappa shape index (κ2) is 9.27. The molecule has 2 amide bonds. The second-order valence-corrected chi connectivity index (χ2v) is 6.60. The fourth-order valence-electron chi connectivity index (χ4n) is 2.73. The molecule has 0 atom stereocenters. The van der Waals surface area contributed by atoms with E-state index in [9.17, 15) is 14.4 Å². The van der Waals surface area contributed by atoms with E-state index in [0.29, 0.717) is 28.9 Å². The average molecular weight is 431 g/mol. The third kappa shape index (κ3) is 4.36. The molecule has 0 aliphatic carbocycles. The predicted octanol–water partition coefficient (Wildman–Crippen LogP) is 2.45. The molecule has 0 aliphatic heterocycles. The Labute approximate surface area is 176 Å². The molecule has 3 rings (SSSR count). The number of nitrogens with one attached hydrogen (secondary N) is 3. The lowest BCUT2D eigenvalue weighted by molar-refractivity contribution is 0.0844. The van der Waals surface area contributed by atoms with E-state index in [0.717, 1.165) is 6.42 Å². The lowest BCUT2D eigenvalue weighted by Gasteiger charge is -2.14. The van der Waals surface area contributed by atoms with Crippen LogP contribution in [0, 0.1) is 0 Å². The number of hydrogen-bond donors (Lipinski definition) is 3. The number of carbonyl (C=O) groups is 2. The Kier molecular flexibility index (Phi) is 6.53. The van der Waals surface area contributed by atoms with Crippen molar-refractivity contribution in [2.24, 2.45) is 0 Å². The normalized spacial score (nSPS) is 10.5. The van der Waals surface area contributed by atoms with Gasteiger partial charge in [0.15, 0.2) is 17.2 Å². The van der Waals surface area contributed by atoms with Gasteiger partial charge < -0.3 is 9.47 Å². The maximum absolute atomic E-state index is 12.5. The van der Waals surface area contributed by atoms with Crippen LogP contribution >= 0.6 is 11.6 Å². The highest BCUT2D eigenvalue weighted by atomic mass is 35.5. The summed E-state index contributed by atoms with van der Waals surface area (Å²) in [6.45, 7) is 2.39. The SMILES string of the molecule is CCCOc1c(Cl)cc(C(=O)NNC(=O)c2n[nH]c(=O)c3ccccc23)cc1OC. The Hall–Kier alpha value is -3.59. The first-order valence-corrected chi connectivity index (χ1v) is 9.42. The van der Waals surface area contributed by atoms with E-state index in [4.69, 9.17) is 21.1 Å². The predicted molar refractivity (Wildman–Crippen MR) is 111 cm³/mol. The van der Waals surface area contributed by atoms with Gasteiger partial charge in [-0.2, -0.15) is 5.10 Å². The van der Waals surface area contributed by atoms with Crippen LogP contribution in [-0.2, 0) is 0 Å². The molecule has 0 unspecified atom stereocenters. The second-order valence-electron chi connectivity index (χ2n) is 6.19. The first-order chi connectivity index (χ1) is 14.5. The molecule has 30 heavy (non-hydrogen) atoms. The van der Waals surface area contributed by atoms with E-state index in [1.807, 2.05) is 6.92 Å². The zero-order valence-corrected chi connectivity index (χ0v) is 17.0. The lowest BCUT2D eigenvalue weighted by Crippen LogP contribution is -2.42. The number of halogens is 1. The zero-order valence-electron chi connectivity index (χ0n) is 16.2.